The van der Waals surface area contributed by atoms with Gasteiger partial charge in [-0.05, 0) is 17.5 Å². The van der Waals surface area contributed by atoms with Gasteiger partial charge in [0, 0.05) is 11.6 Å². The smallest absolute Gasteiger partial charge is 0.339 e. The van der Waals surface area contributed by atoms with E-state index in [-0.39, 0.29) is 11.3 Å². The molecule has 0 amide bonds. The van der Waals surface area contributed by atoms with Crippen LogP contribution in [-0.4, -0.2) is 16.1 Å². The standard InChI is InChI=1S/C16H11NO3/c18-16(19)13-8-9-17-10-15(13)20-14-7-3-5-11-4-1-2-6-12(11)14/h1-10H,(H,18,19). The lowest BCUT2D eigenvalue weighted by molar-refractivity contribution is 0.0694. The Kier molecular flexibility index (Phi) is 3.05. The maximum atomic E-state index is 11.2. The molecule has 20 heavy (non-hydrogen) atoms. The van der Waals surface area contributed by atoms with Crippen molar-refractivity contribution in [1.29, 1.82) is 0 Å². The Hall–Kier alpha value is -2.88. The Morgan fingerprint density at radius 2 is 1.80 bits per heavy atom. The number of fused-ring (bicyclic) bond motifs is 1. The first kappa shape index (κ1) is 12.2. The van der Waals surface area contributed by atoms with Crippen molar-refractivity contribution >= 4 is 16.7 Å². The molecule has 0 bridgehead atoms. The fourth-order valence-corrected chi connectivity index (χ4v) is 2.04. The van der Waals surface area contributed by atoms with Crippen molar-refractivity contribution in [3.05, 3.63) is 66.5 Å². The zero-order chi connectivity index (χ0) is 13.9. The predicted molar refractivity (Wildman–Crippen MR) is 75.2 cm³/mol. The number of carboxylic acid groups (broad SMARTS) is 1. The van der Waals surface area contributed by atoms with Crippen LogP contribution >= 0.6 is 0 Å². The molecule has 0 radical (unpaired) electrons. The number of carboxylic acids is 1. The number of ether oxygens (including phenoxy) is 1. The summed E-state index contributed by atoms with van der Waals surface area (Å²) in [5.41, 5.74) is 0.0907. The summed E-state index contributed by atoms with van der Waals surface area (Å²) in [4.78, 5) is 15.1. The molecule has 1 heterocycles. The van der Waals surface area contributed by atoms with Crippen molar-refractivity contribution in [1.82, 2.24) is 4.98 Å². The fraction of sp³-hybridized carbons (Fsp3) is 0. The lowest BCUT2D eigenvalue weighted by Crippen LogP contribution is -2.00. The minimum atomic E-state index is -1.04. The maximum absolute atomic E-state index is 11.2. The maximum Gasteiger partial charge on any atom is 0.339 e. The lowest BCUT2D eigenvalue weighted by Gasteiger charge is -2.10. The van der Waals surface area contributed by atoms with Crippen LogP contribution < -0.4 is 4.74 Å². The monoisotopic (exact) mass is 265 g/mol. The van der Waals surface area contributed by atoms with Gasteiger partial charge < -0.3 is 9.84 Å². The van der Waals surface area contributed by atoms with Crippen molar-refractivity contribution in [3.63, 3.8) is 0 Å². The second-order valence-corrected chi connectivity index (χ2v) is 4.26. The molecule has 3 aromatic rings. The van der Waals surface area contributed by atoms with E-state index in [1.807, 2.05) is 36.4 Å². The normalized spacial score (nSPS) is 10.4. The lowest BCUT2D eigenvalue weighted by atomic mass is 10.1. The van der Waals surface area contributed by atoms with Crippen molar-refractivity contribution in [2.75, 3.05) is 0 Å². The highest BCUT2D eigenvalue weighted by Gasteiger charge is 2.12. The Balaban J connectivity index is 2.08. The summed E-state index contributed by atoms with van der Waals surface area (Å²) in [7, 11) is 0. The van der Waals surface area contributed by atoms with E-state index in [1.165, 1.54) is 18.5 Å². The summed E-state index contributed by atoms with van der Waals surface area (Å²) < 4.78 is 5.74. The molecular formula is C16H11NO3. The Morgan fingerprint density at radius 3 is 2.65 bits per heavy atom. The Bertz CT molecular complexity index is 778. The summed E-state index contributed by atoms with van der Waals surface area (Å²) in [6, 6.07) is 14.8. The minimum Gasteiger partial charge on any atom is -0.478 e. The van der Waals surface area contributed by atoms with Gasteiger partial charge >= 0.3 is 5.97 Å². The van der Waals surface area contributed by atoms with Gasteiger partial charge in [0.25, 0.3) is 0 Å². The predicted octanol–water partition coefficient (Wildman–Crippen LogP) is 3.73. The zero-order valence-electron chi connectivity index (χ0n) is 10.5. The molecule has 0 aliphatic heterocycles. The molecule has 98 valence electrons. The van der Waals surface area contributed by atoms with Crippen LogP contribution in [0.3, 0.4) is 0 Å². The molecule has 3 rings (SSSR count). The van der Waals surface area contributed by atoms with Crippen LogP contribution in [0.15, 0.2) is 60.9 Å². The average Bonchev–Trinajstić information content (AvgIpc) is 2.48. The summed E-state index contributed by atoms with van der Waals surface area (Å²) in [5.74, 6) is -0.197. The summed E-state index contributed by atoms with van der Waals surface area (Å²) in [6.45, 7) is 0. The molecule has 0 spiro atoms. The molecule has 0 aliphatic carbocycles. The fourth-order valence-electron chi connectivity index (χ4n) is 2.04. The molecule has 1 aromatic heterocycles. The largest absolute Gasteiger partial charge is 0.478 e. The van der Waals surface area contributed by atoms with Gasteiger partial charge in [0.1, 0.15) is 11.3 Å². The molecular weight excluding hydrogens is 254 g/mol. The number of rotatable bonds is 3. The van der Waals surface area contributed by atoms with Crippen LogP contribution in [0.2, 0.25) is 0 Å². The van der Waals surface area contributed by atoms with Crippen LogP contribution in [0.1, 0.15) is 10.4 Å². The molecule has 2 aromatic carbocycles. The first-order valence-electron chi connectivity index (χ1n) is 6.08. The van der Waals surface area contributed by atoms with E-state index in [1.54, 1.807) is 6.07 Å². The molecule has 4 nitrogen and oxygen atoms in total. The molecule has 4 heteroatoms. The highest BCUT2D eigenvalue weighted by Crippen LogP contribution is 2.31. The summed E-state index contributed by atoms with van der Waals surface area (Å²) in [5, 5.41) is 11.1. The van der Waals surface area contributed by atoms with E-state index in [4.69, 9.17) is 9.84 Å². The number of aromatic carboxylic acids is 1. The van der Waals surface area contributed by atoms with E-state index in [0.717, 1.165) is 10.8 Å². The van der Waals surface area contributed by atoms with Gasteiger partial charge in [-0.15, -0.1) is 0 Å². The van der Waals surface area contributed by atoms with Gasteiger partial charge in [0.2, 0.25) is 0 Å². The minimum absolute atomic E-state index is 0.0907. The molecule has 0 saturated heterocycles. The van der Waals surface area contributed by atoms with Gasteiger partial charge in [-0.1, -0.05) is 36.4 Å². The highest BCUT2D eigenvalue weighted by molar-refractivity contribution is 5.92. The van der Waals surface area contributed by atoms with Gasteiger partial charge in [0.15, 0.2) is 5.75 Å². The molecule has 0 saturated carbocycles. The zero-order valence-corrected chi connectivity index (χ0v) is 10.5. The number of nitrogens with zero attached hydrogens (tertiary/aromatic N) is 1. The Morgan fingerprint density at radius 1 is 1.00 bits per heavy atom. The van der Waals surface area contributed by atoms with Crippen LogP contribution in [0.4, 0.5) is 0 Å². The molecule has 0 fully saturated rings. The second-order valence-electron chi connectivity index (χ2n) is 4.26. The molecule has 1 N–H and O–H groups in total. The molecule has 0 unspecified atom stereocenters. The molecule has 0 atom stereocenters. The van der Waals surface area contributed by atoms with Crippen LogP contribution in [0, 0.1) is 0 Å². The van der Waals surface area contributed by atoms with E-state index < -0.39 is 5.97 Å². The number of carbonyl (C=O) groups is 1. The van der Waals surface area contributed by atoms with E-state index in [0.29, 0.717) is 5.75 Å². The van der Waals surface area contributed by atoms with Gasteiger partial charge in [0.05, 0.1) is 6.20 Å². The van der Waals surface area contributed by atoms with E-state index in [2.05, 4.69) is 4.98 Å². The number of aromatic nitrogens is 1. The topological polar surface area (TPSA) is 59.4 Å². The Labute approximate surface area is 115 Å². The summed E-state index contributed by atoms with van der Waals surface area (Å²) >= 11 is 0. The van der Waals surface area contributed by atoms with E-state index >= 15 is 0 Å². The van der Waals surface area contributed by atoms with Gasteiger partial charge in [-0.25, -0.2) is 4.79 Å². The number of hydrogen-bond donors (Lipinski definition) is 1. The molecule has 0 aliphatic rings. The average molecular weight is 265 g/mol. The first-order valence-corrected chi connectivity index (χ1v) is 6.08. The number of benzene rings is 2. The second kappa shape index (κ2) is 5.01. The van der Waals surface area contributed by atoms with E-state index in [9.17, 15) is 4.79 Å². The third kappa shape index (κ3) is 2.19. The highest BCUT2D eigenvalue weighted by atomic mass is 16.5. The van der Waals surface area contributed by atoms with Crippen LogP contribution in [0.25, 0.3) is 10.8 Å². The van der Waals surface area contributed by atoms with Crippen molar-refractivity contribution < 1.29 is 14.6 Å². The van der Waals surface area contributed by atoms with Gasteiger partial charge in [-0.2, -0.15) is 0 Å². The summed E-state index contributed by atoms with van der Waals surface area (Å²) in [6.07, 6.45) is 2.84. The number of hydrogen-bond acceptors (Lipinski definition) is 3. The number of pyridine rings is 1. The van der Waals surface area contributed by atoms with Crippen molar-refractivity contribution in [2.45, 2.75) is 0 Å². The first-order chi connectivity index (χ1) is 9.75. The van der Waals surface area contributed by atoms with Crippen LogP contribution in [0.5, 0.6) is 11.5 Å². The third-order valence-electron chi connectivity index (χ3n) is 2.98. The SMILES string of the molecule is O=C(O)c1ccncc1Oc1cccc2ccccc12. The quantitative estimate of drug-likeness (QED) is 0.784. The van der Waals surface area contributed by atoms with Crippen LogP contribution in [-0.2, 0) is 0 Å². The van der Waals surface area contributed by atoms with Crippen molar-refractivity contribution in [2.24, 2.45) is 0 Å². The third-order valence-corrected chi connectivity index (χ3v) is 2.98. The van der Waals surface area contributed by atoms with Gasteiger partial charge in [-0.3, -0.25) is 4.98 Å². The van der Waals surface area contributed by atoms with Crippen molar-refractivity contribution in [3.8, 4) is 11.5 Å².